The number of nitrogens with one attached hydrogen (secondary N) is 1. The summed E-state index contributed by atoms with van der Waals surface area (Å²) in [6.45, 7) is 4.03. The highest BCUT2D eigenvalue weighted by molar-refractivity contribution is 7.89. The fourth-order valence-electron chi connectivity index (χ4n) is 1.09. The number of aromatic hydroxyl groups is 1. The van der Waals surface area contributed by atoms with E-state index < -0.39 is 10.0 Å². The number of phenolic OH excluding ortho intramolecular Hbond substituents is 1. The number of benzene rings is 1. The molecule has 0 amide bonds. The number of sulfonamides is 1. The maximum atomic E-state index is 11.7. The van der Waals surface area contributed by atoms with Crippen LogP contribution in [0.25, 0.3) is 0 Å². The molecule has 0 saturated carbocycles. The van der Waals surface area contributed by atoms with Crippen LogP contribution in [-0.2, 0) is 10.0 Å². The molecule has 0 aliphatic carbocycles. The van der Waals surface area contributed by atoms with E-state index in [0.717, 1.165) is 5.57 Å². The Morgan fingerprint density at radius 1 is 1.44 bits per heavy atom. The Labute approximate surface area is 95.7 Å². The number of hydrogen-bond acceptors (Lipinski definition) is 3. The molecule has 1 aromatic carbocycles. The molecule has 0 spiro atoms. The fraction of sp³-hybridized carbons (Fsp3) is 0.273. The zero-order chi connectivity index (χ0) is 12.2. The highest BCUT2D eigenvalue weighted by Gasteiger charge is 2.12. The molecule has 0 atom stereocenters. The van der Waals surface area contributed by atoms with Crippen molar-refractivity contribution >= 4 is 10.0 Å². The quantitative estimate of drug-likeness (QED) is 0.787. The lowest BCUT2D eigenvalue weighted by molar-refractivity contribution is 0.473. The van der Waals surface area contributed by atoms with Gasteiger partial charge in [-0.1, -0.05) is 17.7 Å². The van der Waals surface area contributed by atoms with Crippen LogP contribution in [0, 0.1) is 0 Å². The van der Waals surface area contributed by atoms with E-state index >= 15 is 0 Å². The van der Waals surface area contributed by atoms with Gasteiger partial charge in [-0.05, 0) is 32.0 Å². The fourth-order valence-corrected chi connectivity index (χ4v) is 2.09. The lowest BCUT2D eigenvalue weighted by Crippen LogP contribution is -2.23. The van der Waals surface area contributed by atoms with E-state index in [1.165, 1.54) is 24.3 Å². The summed E-state index contributed by atoms with van der Waals surface area (Å²) in [7, 11) is -3.53. The Bertz CT molecular complexity index is 488. The first-order chi connectivity index (χ1) is 7.42. The number of rotatable bonds is 4. The SMILES string of the molecule is CC(C)=CCNS(=O)(=O)c1cccc(O)c1. The van der Waals surface area contributed by atoms with Crippen molar-refractivity contribution in [3.8, 4) is 5.75 Å². The zero-order valence-corrected chi connectivity index (χ0v) is 10.1. The van der Waals surface area contributed by atoms with Gasteiger partial charge in [-0.15, -0.1) is 0 Å². The molecule has 0 aromatic heterocycles. The first-order valence-electron chi connectivity index (χ1n) is 4.84. The lowest BCUT2D eigenvalue weighted by atomic mass is 10.3. The minimum atomic E-state index is -3.53. The summed E-state index contributed by atoms with van der Waals surface area (Å²) >= 11 is 0. The summed E-state index contributed by atoms with van der Waals surface area (Å²) in [6.07, 6.45) is 1.78. The minimum absolute atomic E-state index is 0.0645. The third-order valence-electron chi connectivity index (χ3n) is 1.91. The minimum Gasteiger partial charge on any atom is -0.508 e. The zero-order valence-electron chi connectivity index (χ0n) is 9.27. The maximum Gasteiger partial charge on any atom is 0.240 e. The van der Waals surface area contributed by atoms with Crippen molar-refractivity contribution in [1.29, 1.82) is 0 Å². The largest absolute Gasteiger partial charge is 0.508 e. The van der Waals surface area contributed by atoms with Crippen LogP contribution >= 0.6 is 0 Å². The summed E-state index contributed by atoms with van der Waals surface area (Å²) in [6, 6.07) is 5.56. The van der Waals surface area contributed by atoms with E-state index in [9.17, 15) is 13.5 Å². The molecule has 0 heterocycles. The predicted molar refractivity (Wildman–Crippen MR) is 62.7 cm³/mol. The molecule has 2 N–H and O–H groups in total. The van der Waals surface area contributed by atoms with Crippen molar-refractivity contribution in [2.45, 2.75) is 18.7 Å². The van der Waals surface area contributed by atoms with Crippen LogP contribution in [0.2, 0.25) is 0 Å². The molecule has 0 aliphatic heterocycles. The van der Waals surface area contributed by atoms with Crippen LogP contribution in [0.1, 0.15) is 13.8 Å². The van der Waals surface area contributed by atoms with Crippen LogP contribution in [0.3, 0.4) is 0 Å². The van der Waals surface area contributed by atoms with Gasteiger partial charge in [0.15, 0.2) is 0 Å². The second-order valence-corrected chi connectivity index (χ2v) is 5.40. The molecule has 5 heteroatoms. The molecule has 1 rings (SSSR count). The summed E-state index contributed by atoms with van der Waals surface area (Å²) in [5.74, 6) is -0.0647. The third-order valence-corrected chi connectivity index (χ3v) is 3.33. The Balaban J connectivity index is 2.83. The van der Waals surface area contributed by atoms with E-state index in [-0.39, 0.29) is 17.2 Å². The van der Waals surface area contributed by atoms with Crippen LogP contribution in [-0.4, -0.2) is 20.1 Å². The number of phenols is 1. The molecule has 0 unspecified atom stereocenters. The Morgan fingerprint density at radius 3 is 2.69 bits per heavy atom. The van der Waals surface area contributed by atoms with Crippen LogP contribution in [0.5, 0.6) is 5.75 Å². The van der Waals surface area contributed by atoms with Crippen molar-refractivity contribution in [1.82, 2.24) is 4.72 Å². The number of hydrogen-bond donors (Lipinski definition) is 2. The molecule has 4 nitrogen and oxygen atoms in total. The van der Waals surface area contributed by atoms with Crippen molar-refractivity contribution in [2.24, 2.45) is 0 Å². The van der Waals surface area contributed by atoms with E-state index in [2.05, 4.69) is 4.72 Å². The topological polar surface area (TPSA) is 66.4 Å². The van der Waals surface area contributed by atoms with E-state index in [0.29, 0.717) is 0 Å². The van der Waals surface area contributed by atoms with Crippen LogP contribution in [0.4, 0.5) is 0 Å². The molecule has 1 aromatic rings. The van der Waals surface area contributed by atoms with Crippen molar-refractivity contribution in [2.75, 3.05) is 6.54 Å². The van der Waals surface area contributed by atoms with Crippen molar-refractivity contribution in [3.63, 3.8) is 0 Å². The van der Waals surface area contributed by atoms with Gasteiger partial charge in [0.25, 0.3) is 0 Å². The van der Waals surface area contributed by atoms with Gasteiger partial charge >= 0.3 is 0 Å². The molecular formula is C11H15NO3S. The van der Waals surface area contributed by atoms with E-state index in [1.807, 2.05) is 13.8 Å². The van der Waals surface area contributed by atoms with Crippen molar-refractivity contribution < 1.29 is 13.5 Å². The number of allylic oxidation sites excluding steroid dienone is 1. The molecule has 0 radical (unpaired) electrons. The van der Waals surface area contributed by atoms with E-state index in [4.69, 9.17) is 0 Å². The molecular weight excluding hydrogens is 226 g/mol. The first-order valence-corrected chi connectivity index (χ1v) is 6.32. The molecule has 16 heavy (non-hydrogen) atoms. The Hall–Kier alpha value is -1.33. The third kappa shape index (κ3) is 3.67. The van der Waals surface area contributed by atoms with Gasteiger partial charge < -0.3 is 5.11 Å². The average Bonchev–Trinajstić information content (AvgIpc) is 2.16. The van der Waals surface area contributed by atoms with E-state index in [1.54, 1.807) is 6.08 Å². The average molecular weight is 241 g/mol. The Morgan fingerprint density at radius 2 is 2.12 bits per heavy atom. The molecule has 88 valence electrons. The second kappa shape index (κ2) is 5.14. The molecule has 0 bridgehead atoms. The van der Waals surface area contributed by atoms with Crippen LogP contribution in [0.15, 0.2) is 40.8 Å². The first kappa shape index (κ1) is 12.7. The highest BCUT2D eigenvalue weighted by atomic mass is 32.2. The van der Waals surface area contributed by atoms with Gasteiger partial charge in [-0.2, -0.15) is 0 Å². The molecule has 0 saturated heterocycles. The molecule has 0 aliphatic rings. The highest BCUT2D eigenvalue weighted by Crippen LogP contribution is 2.15. The van der Waals surface area contributed by atoms with Gasteiger partial charge in [0.2, 0.25) is 10.0 Å². The maximum absolute atomic E-state index is 11.7. The summed E-state index contributed by atoms with van der Waals surface area (Å²) in [5, 5.41) is 9.19. The normalized spacial score (nSPS) is 11.1. The van der Waals surface area contributed by atoms with Gasteiger partial charge in [0.05, 0.1) is 4.90 Å². The van der Waals surface area contributed by atoms with Gasteiger partial charge in [-0.3, -0.25) is 0 Å². The van der Waals surface area contributed by atoms with Crippen molar-refractivity contribution in [3.05, 3.63) is 35.9 Å². The predicted octanol–water partition coefficient (Wildman–Crippen LogP) is 1.64. The van der Waals surface area contributed by atoms with Crippen LogP contribution < -0.4 is 4.72 Å². The second-order valence-electron chi connectivity index (χ2n) is 3.63. The van der Waals surface area contributed by atoms with Gasteiger partial charge in [0, 0.05) is 6.54 Å². The standard InChI is InChI=1S/C11H15NO3S/c1-9(2)6-7-12-16(14,15)11-5-3-4-10(13)8-11/h3-6,8,12-13H,7H2,1-2H3. The lowest BCUT2D eigenvalue weighted by Gasteiger charge is -2.05. The van der Waals surface area contributed by atoms with Gasteiger partial charge in [-0.25, -0.2) is 13.1 Å². The summed E-state index contributed by atoms with van der Waals surface area (Å²) in [5.41, 5.74) is 1.04. The summed E-state index contributed by atoms with van der Waals surface area (Å²) in [4.78, 5) is 0.0645. The van der Waals surface area contributed by atoms with Gasteiger partial charge in [0.1, 0.15) is 5.75 Å². The monoisotopic (exact) mass is 241 g/mol. The smallest absolute Gasteiger partial charge is 0.240 e. The molecule has 0 fully saturated rings. The summed E-state index contributed by atoms with van der Waals surface area (Å²) < 4.78 is 25.8. The Kier molecular flexibility index (Phi) is 4.09.